The van der Waals surface area contributed by atoms with Crippen molar-refractivity contribution in [3.05, 3.63) is 76.1 Å². The molecule has 0 spiro atoms. The van der Waals surface area contributed by atoms with Gasteiger partial charge in [-0.3, -0.25) is 9.48 Å². The summed E-state index contributed by atoms with van der Waals surface area (Å²) < 4.78 is 82.7. The van der Waals surface area contributed by atoms with Gasteiger partial charge in [0, 0.05) is 23.4 Å². The second kappa shape index (κ2) is 14.5. The highest BCUT2D eigenvalue weighted by Gasteiger charge is 2.34. The van der Waals surface area contributed by atoms with Crippen molar-refractivity contribution >= 4 is 63.6 Å². The van der Waals surface area contributed by atoms with E-state index < -0.39 is 58.0 Å². The van der Waals surface area contributed by atoms with E-state index >= 15 is 0 Å². The van der Waals surface area contributed by atoms with Crippen molar-refractivity contribution in [1.29, 1.82) is 0 Å². The third-order valence-electron chi connectivity index (χ3n) is 6.95. The lowest BCUT2D eigenvalue weighted by Crippen LogP contribution is -2.31. The number of carbonyl (C=O) groups is 2. The number of rotatable bonds is 10. The molecular formula is C31H27ClF5N5O4S2. The van der Waals surface area contributed by atoms with E-state index in [0.29, 0.717) is 17.2 Å². The van der Waals surface area contributed by atoms with Crippen molar-refractivity contribution in [3.8, 4) is 23.0 Å². The van der Waals surface area contributed by atoms with E-state index in [2.05, 4.69) is 27.2 Å². The van der Waals surface area contributed by atoms with Gasteiger partial charge in [-0.2, -0.15) is 22.6 Å². The number of fused-ring (bicyclic) bond motifs is 1. The van der Waals surface area contributed by atoms with Crippen molar-refractivity contribution in [3.63, 3.8) is 0 Å². The Kier molecular flexibility index (Phi) is 11.1. The molecule has 9 nitrogen and oxygen atoms in total. The van der Waals surface area contributed by atoms with E-state index in [1.165, 1.54) is 36.0 Å². The molecule has 2 atom stereocenters. The maximum Gasteiger partial charge on any atom is 0.425 e. The van der Waals surface area contributed by atoms with Crippen molar-refractivity contribution in [1.82, 2.24) is 20.1 Å². The largest absolute Gasteiger partial charge is 0.464 e. The average molecular weight is 728 g/mol. The topological polar surface area (TPSA) is 117 Å². The van der Waals surface area contributed by atoms with E-state index in [1.807, 2.05) is 20.1 Å². The molecule has 2 N–H and O–H groups in total. The zero-order valence-electron chi connectivity index (χ0n) is 25.7. The number of aromatic nitrogens is 3. The first kappa shape index (κ1) is 36.6. The molecule has 2 aromatic carbocycles. The zero-order chi connectivity index (χ0) is 35.6. The van der Waals surface area contributed by atoms with Crippen molar-refractivity contribution in [2.75, 3.05) is 16.8 Å². The normalized spacial score (nSPS) is 13.0. The van der Waals surface area contributed by atoms with Crippen LogP contribution in [-0.2, 0) is 28.7 Å². The monoisotopic (exact) mass is 727 g/mol. The van der Waals surface area contributed by atoms with Gasteiger partial charge in [-0.1, -0.05) is 23.6 Å². The van der Waals surface area contributed by atoms with Gasteiger partial charge in [-0.25, -0.2) is 22.8 Å². The van der Waals surface area contributed by atoms with E-state index in [-0.39, 0.29) is 54.7 Å². The Balaban J connectivity index is 2.09. The molecule has 0 aliphatic rings. The molecule has 0 saturated heterocycles. The van der Waals surface area contributed by atoms with Crippen LogP contribution in [0.2, 0.25) is 5.02 Å². The van der Waals surface area contributed by atoms with Crippen LogP contribution >= 0.6 is 23.4 Å². The highest BCUT2D eigenvalue weighted by Crippen LogP contribution is 2.42. The smallest absolute Gasteiger partial charge is 0.425 e. The third kappa shape index (κ3) is 8.44. The molecule has 4 aromatic rings. The molecule has 2 unspecified atom stereocenters. The summed E-state index contributed by atoms with van der Waals surface area (Å²) in [4.78, 5) is 28.6. The Morgan fingerprint density at radius 1 is 1.17 bits per heavy atom. The standard InChI is InChI=1S/C31H27ClF5N5O4S2/c1-30(2,47-3)10-9-20-5-6-21(26(39-20)24(38-16-43)13-17-11-18(33)14-19(34)12-17)22-7-8-23(32)25-27(22)41(15-31(35,36)37)40-28(25)42(29(44)45)48(4)46/h5-8,11-12,14,16,24H,13,15H2,1-4H3,(H,38,43)(H,44,45). The van der Waals surface area contributed by atoms with Gasteiger partial charge in [-0.15, -0.1) is 11.8 Å². The van der Waals surface area contributed by atoms with Gasteiger partial charge in [-0.05, 0) is 68.3 Å². The average Bonchev–Trinajstić information content (AvgIpc) is 3.33. The Hall–Kier alpha value is -4.20. The van der Waals surface area contributed by atoms with Crippen LogP contribution in [0.5, 0.6) is 0 Å². The van der Waals surface area contributed by atoms with Crippen LogP contribution in [-0.4, -0.2) is 60.0 Å². The third-order valence-corrected chi connectivity index (χ3v) is 9.24. The first-order chi connectivity index (χ1) is 22.4. The van der Waals surface area contributed by atoms with Crippen molar-refractivity contribution in [2.45, 2.75) is 43.8 Å². The highest BCUT2D eigenvalue weighted by atomic mass is 35.5. The number of alkyl halides is 3. The lowest BCUT2D eigenvalue weighted by Gasteiger charge is -2.21. The second-order valence-electron chi connectivity index (χ2n) is 10.8. The maximum absolute atomic E-state index is 14.1. The molecular weight excluding hydrogens is 701 g/mol. The van der Waals surface area contributed by atoms with Crippen LogP contribution in [0.15, 0.2) is 42.5 Å². The highest BCUT2D eigenvalue weighted by molar-refractivity contribution is 8.00. The fourth-order valence-corrected chi connectivity index (χ4v) is 5.79. The quantitative estimate of drug-likeness (QED) is 0.104. The van der Waals surface area contributed by atoms with Crippen molar-refractivity contribution in [2.24, 2.45) is 0 Å². The number of nitrogens with one attached hydrogen (secondary N) is 1. The van der Waals surface area contributed by atoms with Gasteiger partial charge in [0.1, 0.15) is 34.9 Å². The molecule has 0 fully saturated rings. The molecule has 2 amide bonds. The van der Waals surface area contributed by atoms with Gasteiger partial charge in [0.05, 0.1) is 32.4 Å². The predicted molar refractivity (Wildman–Crippen MR) is 175 cm³/mol. The minimum atomic E-state index is -4.84. The molecule has 0 saturated carbocycles. The SMILES string of the molecule is CSC(C)(C)C#Cc1ccc(-c2ccc(Cl)c3c(N(C(=O)O)S(C)=O)nn(CC(F)(F)F)c23)c(C(Cc2cc(F)cc(F)c2)NC=O)n1. The Morgan fingerprint density at radius 3 is 2.38 bits per heavy atom. The van der Waals surface area contributed by atoms with Gasteiger partial charge < -0.3 is 10.4 Å². The molecule has 4 rings (SSSR count). The summed E-state index contributed by atoms with van der Waals surface area (Å²) in [5.74, 6) is 3.67. The zero-order valence-corrected chi connectivity index (χ0v) is 28.0. The molecule has 2 heterocycles. The number of nitrogens with zero attached hydrogens (tertiary/aromatic N) is 4. The maximum atomic E-state index is 14.1. The number of benzene rings is 2. The summed E-state index contributed by atoms with van der Waals surface area (Å²) in [6, 6.07) is 7.34. The summed E-state index contributed by atoms with van der Waals surface area (Å²) in [6.07, 6.45) is -3.60. The number of carbonyl (C=O) groups excluding carboxylic acids is 1. The first-order valence-corrected chi connectivity index (χ1v) is 16.9. The lowest BCUT2D eigenvalue weighted by molar-refractivity contribution is -0.141. The summed E-state index contributed by atoms with van der Waals surface area (Å²) in [5, 5.41) is 15.8. The summed E-state index contributed by atoms with van der Waals surface area (Å²) in [5.41, 5.74) is 0.286. The predicted octanol–water partition coefficient (Wildman–Crippen LogP) is 6.89. The van der Waals surface area contributed by atoms with E-state index in [9.17, 15) is 40.9 Å². The molecule has 2 aromatic heterocycles. The number of hydrogen-bond donors (Lipinski definition) is 2. The van der Waals surface area contributed by atoms with E-state index in [4.69, 9.17) is 11.6 Å². The summed E-state index contributed by atoms with van der Waals surface area (Å²) >= 11 is 7.93. The Morgan fingerprint density at radius 2 is 1.81 bits per heavy atom. The van der Waals surface area contributed by atoms with Gasteiger partial charge in [0.15, 0.2) is 5.82 Å². The molecule has 48 heavy (non-hydrogen) atoms. The molecule has 254 valence electrons. The molecule has 17 heteroatoms. The number of pyridine rings is 1. The first-order valence-electron chi connectivity index (χ1n) is 13.8. The van der Waals surface area contributed by atoms with Crippen LogP contribution < -0.4 is 9.62 Å². The second-order valence-corrected chi connectivity index (χ2v) is 13.9. The van der Waals surface area contributed by atoms with Crippen LogP contribution in [0.1, 0.15) is 36.8 Å². The Bertz CT molecular complexity index is 1940. The summed E-state index contributed by atoms with van der Waals surface area (Å²) in [6.45, 7) is 2.07. The number of hydrogen-bond acceptors (Lipinski definition) is 6. The Labute approximate surface area is 283 Å². The van der Waals surface area contributed by atoms with Crippen LogP contribution in [0, 0.1) is 23.5 Å². The number of anilines is 1. The lowest BCUT2D eigenvalue weighted by atomic mass is 9.94. The minimum absolute atomic E-state index is 0.0270. The van der Waals surface area contributed by atoms with Gasteiger partial charge >= 0.3 is 12.3 Å². The van der Waals surface area contributed by atoms with Gasteiger partial charge in [0.2, 0.25) is 6.41 Å². The number of thioether (sulfide) groups is 1. The van der Waals surface area contributed by atoms with Crippen LogP contribution in [0.3, 0.4) is 0 Å². The molecule has 0 aliphatic carbocycles. The van der Waals surface area contributed by atoms with E-state index in [0.717, 1.165) is 18.4 Å². The van der Waals surface area contributed by atoms with Crippen LogP contribution in [0.25, 0.3) is 22.0 Å². The van der Waals surface area contributed by atoms with Crippen LogP contribution in [0.4, 0.5) is 32.6 Å². The molecule has 0 radical (unpaired) electrons. The van der Waals surface area contributed by atoms with E-state index in [1.54, 1.807) is 0 Å². The number of carboxylic acid groups (broad SMARTS) is 1. The molecule has 0 aliphatic heterocycles. The van der Waals surface area contributed by atoms with Crippen molar-refractivity contribution < 1.29 is 40.9 Å². The number of amides is 2. The fourth-order valence-electron chi connectivity index (χ4n) is 4.81. The number of halogens is 6. The molecule has 0 bridgehead atoms. The van der Waals surface area contributed by atoms with Gasteiger partial charge in [0.25, 0.3) is 0 Å². The minimum Gasteiger partial charge on any atom is -0.464 e. The fraction of sp³-hybridized carbons (Fsp3) is 0.290. The summed E-state index contributed by atoms with van der Waals surface area (Å²) in [7, 11) is -2.29.